The van der Waals surface area contributed by atoms with Crippen LogP contribution in [0.4, 0.5) is 0 Å². The van der Waals surface area contributed by atoms with Crippen LogP contribution in [0.1, 0.15) is 43.4 Å². The molecule has 1 aromatic heterocycles. The van der Waals surface area contributed by atoms with Gasteiger partial charge in [-0.05, 0) is 19.9 Å². The molecule has 0 spiro atoms. The Hall–Kier alpha value is -1.34. The Morgan fingerprint density at radius 1 is 1.44 bits per heavy atom. The Bertz CT molecular complexity index is 423. The summed E-state index contributed by atoms with van der Waals surface area (Å²) in [5.41, 5.74) is 2.13. The third kappa shape index (κ3) is 3.11. The number of aromatic nitrogens is 2. The van der Waals surface area contributed by atoms with Crippen molar-refractivity contribution in [2.75, 3.05) is 7.05 Å². The van der Waals surface area contributed by atoms with Gasteiger partial charge in [0.1, 0.15) is 0 Å². The molecular formula is C14H22N4. The van der Waals surface area contributed by atoms with Crippen molar-refractivity contribution in [3.63, 3.8) is 0 Å². The van der Waals surface area contributed by atoms with Crippen LogP contribution in [-0.2, 0) is 20.0 Å². The fourth-order valence-corrected chi connectivity index (χ4v) is 2.84. The molecule has 18 heavy (non-hydrogen) atoms. The standard InChI is InChI=1S/C14H22N4/c1-17(13-6-4-3-5-7-13)11-14-12(8-9-15)10-18(2)16-14/h10,13H,3-8,11H2,1-2H3. The molecule has 0 saturated heterocycles. The van der Waals surface area contributed by atoms with E-state index >= 15 is 0 Å². The molecule has 1 aliphatic carbocycles. The monoisotopic (exact) mass is 246 g/mol. The molecule has 0 aliphatic heterocycles. The minimum absolute atomic E-state index is 0.460. The van der Waals surface area contributed by atoms with Crippen molar-refractivity contribution in [1.29, 1.82) is 5.26 Å². The van der Waals surface area contributed by atoms with Crippen LogP contribution in [-0.4, -0.2) is 27.8 Å². The van der Waals surface area contributed by atoms with Crippen LogP contribution in [0.25, 0.3) is 0 Å². The van der Waals surface area contributed by atoms with Crippen LogP contribution in [0.5, 0.6) is 0 Å². The summed E-state index contributed by atoms with van der Waals surface area (Å²) in [4.78, 5) is 2.41. The highest BCUT2D eigenvalue weighted by atomic mass is 15.3. The summed E-state index contributed by atoms with van der Waals surface area (Å²) in [7, 11) is 4.10. The van der Waals surface area contributed by atoms with E-state index in [-0.39, 0.29) is 0 Å². The molecular weight excluding hydrogens is 224 g/mol. The van der Waals surface area contributed by atoms with E-state index in [1.807, 2.05) is 17.9 Å². The van der Waals surface area contributed by atoms with Crippen molar-refractivity contribution in [2.24, 2.45) is 7.05 Å². The number of nitriles is 1. The molecule has 0 atom stereocenters. The van der Waals surface area contributed by atoms with Gasteiger partial charge in [0.2, 0.25) is 0 Å². The van der Waals surface area contributed by atoms with Crippen molar-refractivity contribution >= 4 is 0 Å². The lowest BCUT2D eigenvalue weighted by molar-refractivity contribution is 0.182. The predicted octanol–water partition coefficient (Wildman–Crippen LogP) is 2.25. The molecule has 2 rings (SSSR count). The molecule has 1 aromatic rings. The summed E-state index contributed by atoms with van der Waals surface area (Å²) in [5, 5.41) is 13.3. The maximum atomic E-state index is 8.84. The van der Waals surface area contributed by atoms with Crippen molar-refractivity contribution in [3.05, 3.63) is 17.5 Å². The first kappa shape index (κ1) is 13.1. The Kier molecular flexibility index (Phi) is 4.38. The average molecular weight is 246 g/mol. The van der Waals surface area contributed by atoms with Crippen LogP contribution in [0.15, 0.2) is 6.20 Å². The lowest BCUT2D eigenvalue weighted by Crippen LogP contribution is -2.33. The van der Waals surface area contributed by atoms with Gasteiger partial charge < -0.3 is 0 Å². The van der Waals surface area contributed by atoms with Gasteiger partial charge in [-0.15, -0.1) is 0 Å². The lowest BCUT2D eigenvalue weighted by Gasteiger charge is -2.30. The van der Waals surface area contributed by atoms with Gasteiger partial charge in [0.15, 0.2) is 0 Å². The van der Waals surface area contributed by atoms with Crippen molar-refractivity contribution < 1.29 is 0 Å². The molecule has 0 N–H and O–H groups in total. The van der Waals surface area contributed by atoms with Crippen LogP contribution in [0.2, 0.25) is 0 Å². The number of hydrogen-bond donors (Lipinski definition) is 0. The molecule has 1 heterocycles. The molecule has 1 fully saturated rings. The molecule has 0 amide bonds. The van der Waals surface area contributed by atoms with E-state index in [0.29, 0.717) is 12.5 Å². The summed E-state index contributed by atoms with van der Waals surface area (Å²) < 4.78 is 1.82. The molecule has 4 nitrogen and oxygen atoms in total. The van der Waals surface area contributed by atoms with E-state index in [0.717, 1.165) is 17.8 Å². The molecule has 0 unspecified atom stereocenters. The normalized spacial score (nSPS) is 17.0. The highest BCUT2D eigenvalue weighted by Crippen LogP contribution is 2.23. The van der Waals surface area contributed by atoms with Crippen molar-refractivity contribution in [3.8, 4) is 6.07 Å². The zero-order valence-corrected chi connectivity index (χ0v) is 11.4. The molecule has 0 bridgehead atoms. The highest BCUT2D eigenvalue weighted by Gasteiger charge is 2.19. The zero-order chi connectivity index (χ0) is 13.0. The van der Waals surface area contributed by atoms with E-state index in [4.69, 9.17) is 5.26 Å². The topological polar surface area (TPSA) is 44.9 Å². The maximum Gasteiger partial charge on any atom is 0.0807 e. The van der Waals surface area contributed by atoms with E-state index < -0.39 is 0 Å². The number of hydrogen-bond acceptors (Lipinski definition) is 3. The predicted molar refractivity (Wildman–Crippen MR) is 70.9 cm³/mol. The second-order valence-electron chi connectivity index (χ2n) is 5.32. The Labute approximate surface area is 109 Å². The van der Waals surface area contributed by atoms with Crippen molar-refractivity contribution in [2.45, 2.75) is 51.1 Å². The summed E-state index contributed by atoms with van der Waals surface area (Å²) in [6, 6.07) is 2.91. The van der Waals surface area contributed by atoms with Gasteiger partial charge >= 0.3 is 0 Å². The first-order valence-electron chi connectivity index (χ1n) is 6.79. The Morgan fingerprint density at radius 3 is 2.83 bits per heavy atom. The van der Waals surface area contributed by atoms with E-state index in [1.54, 1.807) is 0 Å². The molecule has 1 saturated carbocycles. The lowest BCUT2D eigenvalue weighted by atomic mass is 9.94. The molecule has 4 heteroatoms. The third-order valence-corrected chi connectivity index (χ3v) is 3.86. The maximum absolute atomic E-state index is 8.84. The van der Waals surface area contributed by atoms with Gasteiger partial charge in [0, 0.05) is 31.4 Å². The second kappa shape index (κ2) is 6.01. The summed E-state index contributed by atoms with van der Waals surface area (Å²) in [6.07, 6.45) is 9.11. The van der Waals surface area contributed by atoms with E-state index in [9.17, 15) is 0 Å². The Morgan fingerprint density at radius 2 is 2.17 bits per heavy atom. The van der Waals surface area contributed by atoms with Gasteiger partial charge in [0.05, 0.1) is 18.2 Å². The van der Waals surface area contributed by atoms with Gasteiger partial charge in [-0.3, -0.25) is 9.58 Å². The van der Waals surface area contributed by atoms with E-state index in [2.05, 4.69) is 23.1 Å². The largest absolute Gasteiger partial charge is 0.298 e. The van der Waals surface area contributed by atoms with Crippen LogP contribution in [0.3, 0.4) is 0 Å². The highest BCUT2D eigenvalue weighted by molar-refractivity contribution is 5.20. The Balaban J connectivity index is 2.01. The van der Waals surface area contributed by atoms with Crippen molar-refractivity contribution in [1.82, 2.24) is 14.7 Å². The van der Waals surface area contributed by atoms with Crippen LogP contribution < -0.4 is 0 Å². The summed E-state index contributed by atoms with van der Waals surface area (Å²) in [6.45, 7) is 0.864. The number of rotatable bonds is 4. The molecule has 0 radical (unpaired) electrons. The molecule has 98 valence electrons. The minimum atomic E-state index is 0.460. The number of nitrogens with zero attached hydrogens (tertiary/aromatic N) is 4. The zero-order valence-electron chi connectivity index (χ0n) is 11.4. The fourth-order valence-electron chi connectivity index (χ4n) is 2.84. The first-order valence-corrected chi connectivity index (χ1v) is 6.79. The van der Waals surface area contributed by atoms with Gasteiger partial charge in [-0.25, -0.2) is 0 Å². The molecule has 1 aliphatic rings. The van der Waals surface area contributed by atoms with E-state index in [1.165, 1.54) is 32.1 Å². The third-order valence-electron chi connectivity index (χ3n) is 3.86. The summed E-state index contributed by atoms with van der Waals surface area (Å²) in [5.74, 6) is 0. The average Bonchev–Trinajstić information content (AvgIpc) is 2.71. The van der Waals surface area contributed by atoms with Gasteiger partial charge in [-0.2, -0.15) is 10.4 Å². The second-order valence-corrected chi connectivity index (χ2v) is 5.32. The first-order chi connectivity index (χ1) is 8.70. The number of aryl methyl sites for hydroxylation is 1. The minimum Gasteiger partial charge on any atom is -0.298 e. The quantitative estimate of drug-likeness (QED) is 0.818. The van der Waals surface area contributed by atoms with Gasteiger partial charge in [-0.1, -0.05) is 19.3 Å². The SMILES string of the molecule is CN(Cc1nn(C)cc1CC#N)C1CCCCC1. The summed E-state index contributed by atoms with van der Waals surface area (Å²) >= 11 is 0. The fraction of sp³-hybridized carbons (Fsp3) is 0.714. The smallest absolute Gasteiger partial charge is 0.0807 e. The molecule has 0 aromatic carbocycles. The van der Waals surface area contributed by atoms with Gasteiger partial charge in [0.25, 0.3) is 0 Å². The van der Waals surface area contributed by atoms with Crippen LogP contribution in [0, 0.1) is 11.3 Å². The van der Waals surface area contributed by atoms with Crippen LogP contribution >= 0.6 is 0 Å².